The first kappa shape index (κ1) is 12.4. The number of nitrogens with one attached hydrogen (secondary N) is 1. The number of aromatic nitrogens is 2. The summed E-state index contributed by atoms with van der Waals surface area (Å²) in [4.78, 5) is 29.4. The number of para-hydroxylation sites is 1. The van der Waals surface area contributed by atoms with Crippen LogP contribution in [0, 0.1) is 0 Å². The summed E-state index contributed by atoms with van der Waals surface area (Å²) in [6, 6.07) is 7.37. The largest absolute Gasteiger partial charge is 0.336 e. The normalized spacial score (nSPS) is 13.5. The molecule has 2 amide bonds. The lowest BCUT2D eigenvalue weighted by Gasteiger charge is -2.14. The molecule has 2 heterocycles. The van der Waals surface area contributed by atoms with Gasteiger partial charge in [-0.2, -0.15) is 0 Å². The molecule has 0 spiro atoms. The summed E-state index contributed by atoms with van der Waals surface area (Å²) >= 11 is 0. The van der Waals surface area contributed by atoms with Crippen molar-refractivity contribution in [3.8, 4) is 5.69 Å². The molecule has 1 aliphatic heterocycles. The van der Waals surface area contributed by atoms with Crippen LogP contribution in [0.5, 0.6) is 0 Å². The van der Waals surface area contributed by atoms with Gasteiger partial charge in [-0.15, -0.1) is 0 Å². The number of nitrogens with zero attached hydrogens (tertiary/aromatic N) is 3. The maximum Gasteiger partial charge on any atom is 0.256 e. The Morgan fingerprint density at radius 1 is 1.35 bits per heavy atom. The van der Waals surface area contributed by atoms with E-state index < -0.39 is 0 Å². The van der Waals surface area contributed by atoms with Gasteiger partial charge in [0.15, 0.2) is 5.82 Å². The van der Waals surface area contributed by atoms with Crippen LogP contribution >= 0.6 is 0 Å². The Morgan fingerprint density at radius 2 is 2.10 bits per heavy atom. The molecule has 0 aliphatic carbocycles. The summed E-state index contributed by atoms with van der Waals surface area (Å²) in [5.74, 6) is 0.268. The van der Waals surface area contributed by atoms with E-state index >= 15 is 0 Å². The van der Waals surface area contributed by atoms with Gasteiger partial charge < -0.3 is 10.2 Å². The molecular formula is C14H14N4O2. The summed E-state index contributed by atoms with van der Waals surface area (Å²) in [5, 5.41) is 2.70. The van der Waals surface area contributed by atoms with Crippen molar-refractivity contribution in [3.63, 3.8) is 0 Å². The van der Waals surface area contributed by atoms with Crippen molar-refractivity contribution in [1.82, 2.24) is 14.5 Å². The molecule has 6 nitrogen and oxygen atoms in total. The molecule has 1 aromatic carbocycles. The van der Waals surface area contributed by atoms with Gasteiger partial charge in [-0.3, -0.25) is 14.2 Å². The fraction of sp³-hybridized carbons (Fsp3) is 0.214. The van der Waals surface area contributed by atoms with Gasteiger partial charge in [0.05, 0.1) is 23.5 Å². The first-order valence-electron chi connectivity index (χ1n) is 6.26. The third-order valence-corrected chi connectivity index (χ3v) is 3.29. The maximum atomic E-state index is 12.3. The Bertz CT molecular complexity index is 705. The third kappa shape index (κ3) is 1.85. The monoisotopic (exact) mass is 270 g/mol. The average molecular weight is 270 g/mol. The highest BCUT2D eigenvalue weighted by Crippen LogP contribution is 2.27. The van der Waals surface area contributed by atoms with Crippen LogP contribution in [0.1, 0.15) is 23.0 Å². The number of benzene rings is 1. The second kappa shape index (κ2) is 4.48. The van der Waals surface area contributed by atoms with Crippen molar-refractivity contribution in [1.29, 1.82) is 0 Å². The van der Waals surface area contributed by atoms with Gasteiger partial charge in [0.1, 0.15) is 6.33 Å². The highest BCUT2D eigenvalue weighted by Gasteiger charge is 2.25. The van der Waals surface area contributed by atoms with Crippen molar-refractivity contribution in [2.24, 2.45) is 0 Å². The number of anilines is 1. The molecule has 102 valence electrons. The summed E-state index contributed by atoms with van der Waals surface area (Å²) in [7, 11) is 1.74. The molecule has 20 heavy (non-hydrogen) atoms. The molecule has 0 saturated heterocycles. The summed E-state index contributed by atoms with van der Waals surface area (Å²) in [6.45, 7) is 1.83. The average Bonchev–Trinajstić information content (AvgIpc) is 2.75. The highest BCUT2D eigenvalue weighted by molar-refractivity contribution is 5.98. The van der Waals surface area contributed by atoms with E-state index in [1.54, 1.807) is 24.3 Å². The van der Waals surface area contributed by atoms with E-state index in [1.807, 2.05) is 22.8 Å². The number of imidazole rings is 1. The van der Waals surface area contributed by atoms with E-state index in [0.29, 0.717) is 17.9 Å². The smallest absolute Gasteiger partial charge is 0.256 e. The minimum atomic E-state index is -0.182. The van der Waals surface area contributed by atoms with E-state index in [9.17, 15) is 9.59 Å². The van der Waals surface area contributed by atoms with Crippen LogP contribution in [-0.2, 0) is 11.3 Å². The molecule has 1 aliphatic rings. The van der Waals surface area contributed by atoms with Crippen LogP contribution in [-0.4, -0.2) is 33.3 Å². The summed E-state index contributed by atoms with van der Waals surface area (Å²) in [6.07, 6.45) is 1.63. The number of carbonyl (C=O) groups excluding carboxylic acids is 2. The summed E-state index contributed by atoms with van der Waals surface area (Å²) < 4.78 is 1.85. The van der Waals surface area contributed by atoms with Crippen molar-refractivity contribution < 1.29 is 9.59 Å². The molecule has 0 saturated carbocycles. The van der Waals surface area contributed by atoms with E-state index in [0.717, 1.165) is 11.4 Å². The predicted molar refractivity (Wildman–Crippen MR) is 73.7 cm³/mol. The maximum absolute atomic E-state index is 12.3. The first-order chi connectivity index (χ1) is 9.58. The molecular weight excluding hydrogens is 256 g/mol. The van der Waals surface area contributed by atoms with E-state index in [-0.39, 0.29) is 11.8 Å². The molecule has 6 heteroatoms. The minimum Gasteiger partial charge on any atom is -0.336 e. The van der Waals surface area contributed by atoms with E-state index in [1.165, 1.54) is 6.92 Å². The predicted octanol–water partition coefficient (Wildman–Crippen LogP) is 1.42. The van der Waals surface area contributed by atoms with Gasteiger partial charge in [-0.25, -0.2) is 4.98 Å². The lowest BCUT2D eigenvalue weighted by molar-refractivity contribution is -0.114. The van der Waals surface area contributed by atoms with Gasteiger partial charge in [0.2, 0.25) is 5.91 Å². The van der Waals surface area contributed by atoms with Crippen LogP contribution in [0.15, 0.2) is 30.6 Å². The van der Waals surface area contributed by atoms with Gasteiger partial charge >= 0.3 is 0 Å². The SMILES string of the molecule is CC(=O)Nc1ncn2c1CN(C)C(=O)c1ccccc1-2. The minimum absolute atomic E-state index is 0.0434. The van der Waals surface area contributed by atoms with Crippen LogP contribution < -0.4 is 5.32 Å². The number of hydrogen-bond donors (Lipinski definition) is 1. The molecule has 0 radical (unpaired) electrons. The summed E-state index contributed by atoms with van der Waals surface area (Å²) in [5.41, 5.74) is 2.20. The van der Waals surface area contributed by atoms with Crippen LogP contribution in [0.4, 0.5) is 5.82 Å². The van der Waals surface area contributed by atoms with Crippen molar-refractivity contribution in [2.75, 3.05) is 12.4 Å². The van der Waals surface area contributed by atoms with Crippen molar-refractivity contribution in [3.05, 3.63) is 41.9 Å². The van der Waals surface area contributed by atoms with Gasteiger partial charge in [-0.05, 0) is 12.1 Å². The Balaban J connectivity index is 2.20. The Kier molecular flexibility index (Phi) is 2.78. The Hall–Kier alpha value is -2.63. The molecule has 0 unspecified atom stereocenters. The number of hydrogen-bond acceptors (Lipinski definition) is 3. The van der Waals surface area contributed by atoms with E-state index in [2.05, 4.69) is 10.3 Å². The molecule has 3 rings (SSSR count). The van der Waals surface area contributed by atoms with Gasteiger partial charge in [0, 0.05) is 14.0 Å². The second-order valence-corrected chi connectivity index (χ2v) is 4.77. The Labute approximate surface area is 116 Å². The number of rotatable bonds is 1. The van der Waals surface area contributed by atoms with E-state index in [4.69, 9.17) is 0 Å². The molecule has 0 atom stereocenters. The topological polar surface area (TPSA) is 67.2 Å². The van der Waals surface area contributed by atoms with Gasteiger partial charge in [0.25, 0.3) is 5.91 Å². The molecule has 0 fully saturated rings. The zero-order chi connectivity index (χ0) is 14.3. The zero-order valence-corrected chi connectivity index (χ0v) is 11.3. The fourth-order valence-corrected chi connectivity index (χ4v) is 2.37. The number of amides is 2. The lowest BCUT2D eigenvalue weighted by Crippen LogP contribution is -2.25. The standard InChI is InChI=1S/C14H14N4O2/c1-9(19)16-13-12-7-17(2)14(20)10-5-3-4-6-11(10)18(12)8-15-13/h3-6,8H,7H2,1-2H3,(H,16,19). The molecule has 1 N–H and O–H groups in total. The second-order valence-electron chi connectivity index (χ2n) is 4.77. The fourth-order valence-electron chi connectivity index (χ4n) is 2.37. The third-order valence-electron chi connectivity index (χ3n) is 3.29. The van der Waals surface area contributed by atoms with Crippen molar-refractivity contribution in [2.45, 2.75) is 13.5 Å². The van der Waals surface area contributed by atoms with Crippen LogP contribution in [0.3, 0.4) is 0 Å². The van der Waals surface area contributed by atoms with Crippen LogP contribution in [0.25, 0.3) is 5.69 Å². The van der Waals surface area contributed by atoms with Crippen molar-refractivity contribution >= 4 is 17.6 Å². The van der Waals surface area contributed by atoms with Gasteiger partial charge in [-0.1, -0.05) is 12.1 Å². The molecule has 2 aromatic rings. The number of carbonyl (C=O) groups is 2. The lowest BCUT2D eigenvalue weighted by atomic mass is 10.1. The van der Waals surface area contributed by atoms with Crippen LogP contribution in [0.2, 0.25) is 0 Å². The Morgan fingerprint density at radius 3 is 2.85 bits per heavy atom. The molecule has 1 aromatic heterocycles. The molecule has 0 bridgehead atoms. The highest BCUT2D eigenvalue weighted by atomic mass is 16.2. The zero-order valence-electron chi connectivity index (χ0n) is 11.3. The quantitative estimate of drug-likeness (QED) is 0.852. The first-order valence-corrected chi connectivity index (χ1v) is 6.26. The number of fused-ring (bicyclic) bond motifs is 3.